The van der Waals surface area contributed by atoms with Gasteiger partial charge in [0.25, 0.3) is 0 Å². The van der Waals surface area contributed by atoms with Crippen molar-refractivity contribution in [1.82, 2.24) is 4.72 Å². The summed E-state index contributed by atoms with van der Waals surface area (Å²) in [5.74, 6) is 0. The number of sulfonamides is 1. The molecule has 22 heavy (non-hydrogen) atoms. The third-order valence-electron chi connectivity index (χ3n) is 3.05. The molecule has 1 atom stereocenters. The summed E-state index contributed by atoms with van der Waals surface area (Å²) in [5.41, 5.74) is 0.972. The van der Waals surface area contributed by atoms with Gasteiger partial charge in [0.1, 0.15) is 0 Å². The predicted octanol–water partition coefficient (Wildman–Crippen LogP) is 3.90. The number of halogens is 2. The minimum atomic E-state index is -3.74. The van der Waals surface area contributed by atoms with Crippen molar-refractivity contribution < 1.29 is 8.42 Å². The summed E-state index contributed by atoms with van der Waals surface area (Å²) >= 11 is 11.8. The van der Waals surface area contributed by atoms with Crippen LogP contribution in [0, 0.1) is 11.3 Å². The Morgan fingerprint density at radius 2 is 1.86 bits per heavy atom. The molecule has 0 radical (unpaired) electrons. The number of rotatable bonds is 4. The third-order valence-corrected chi connectivity index (χ3v) is 5.33. The van der Waals surface area contributed by atoms with Gasteiger partial charge in [0.2, 0.25) is 10.0 Å². The van der Waals surface area contributed by atoms with Gasteiger partial charge < -0.3 is 0 Å². The van der Waals surface area contributed by atoms with E-state index < -0.39 is 16.1 Å². The Labute approximate surface area is 139 Å². The quantitative estimate of drug-likeness (QED) is 0.904. The molecule has 4 nitrogen and oxygen atoms in total. The van der Waals surface area contributed by atoms with E-state index in [0.717, 1.165) is 0 Å². The summed E-state index contributed by atoms with van der Waals surface area (Å²) in [7, 11) is -3.74. The standard InChI is InChI=1S/C15H12Cl2N2O2S/c1-10(12-5-6-14(16)15(17)8-12)19-22(20,21)13-4-2-3-11(7-13)9-18/h2-8,10,19H,1H3. The smallest absolute Gasteiger partial charge is 0.207 e. The first-order chi connectivity index (χ1) is 10.3. The zero-order valence-corrected chi connectivity index (χ0v) is 13.9. The average Bonchev–Trinajstić information content (AvgIpc) is 2.49. The first-order valence-corrected chi connectivity index (χ1v) is 8.55. The van der Waals surface area contributed by atoms with E-state index in [1.807, 2.05) is 6.07 Å². The lowest BCUT2D eigenvalue weighted by atomic mass is 10.1. The molecule has 0 saturated heterocycles. The monoisotopic (exact) mass is 354 g/mol. The topological polar surface area (TPSA) is 70.0 Å². The summed E-state index contributed by atoms with van der Waals surface area (Å²) in [4.78, 5) is 0.0402. The SMILES string of the molecule is CC(NS(=O)(=O)c1cccc(C#N)c1)c1ccc(Cl)c(Cl)c1. The molecule has 0 heterocycles. The fraction of sp³-hybridized carbons (Fsp3) is 0.133. The van der Waals surface area contributed by atoms with Gasteiger partial charge in [-0.2, -0.15) is 5.26 Å². The first kappa shape index (κ1) is 16.8. The second kappa shape index (κ2) is 6.67. The minimum absolute atomic E-state index is 0.0402. The van der Waals surface area contributed by atoms with Crippen LogP contribution < -0.4 is 4.72 Å². The molecule has 1 unspecified atom stereocenters. The fourth-order valence-electron chi connectivity index (χ4n) is 1.88. The van der Waals surface area contributed by atoms with Crippen LogP contribution in [0.5, 0.6) is 0 Å². The normalized spacial score (nSPS) is 12.6. The largest absolute Gasteiger partial charge is 0.241 e. The van der Waals surface area contributed by atoms with E-state index in [9.17, 15) is 8.42 Å². The van der Waals surface area contributed by atoms with Gasteiger partial charge in [0.05, 0.1) is 26.6 Å². The van der Waals surface area contributed by atoms with Crippen LogP contribution in [0.25, 0.3) is 0 Å². The lowest BCUT2D eigenvalue weighted by Crippen LogP contribution is -2.27. The molecule has 2 aromatic rings. The summed E-state index contributed by atoms with van der Waals surface area (Å²) in [6, 6.07) is 12.2. The highest BCUT2D eigenvalue weighted by molar-refractivity contribution is 7.89. The Bertz CT molecular complexity index is 845. The molecule has 1 N–H and O–H groups in total. The van der Waals surface area contributed by atoms with Crippen molar-refractivity contribution in [3.63, 3.8) is 0 Å². The summed E-state index contributed by atoms with van der Waals surface area (Å²) in [6.45, 7) is 1.70. The molecule has 0 spiro atoms. The molecule has 2 rings (SSSR count). The predicted molar refractivity (Wildman–Crippen MR) is 86.4 cm³/mol. The maximum Gasteiger partial charge on any atom is 0.241 e. The molecule has 0 bridgehead atoms. The molecule has 0 saturated carbocycles. The summed E-state index contributed by atoms with van der Waals surface area (Å²) in [5, 5.41) is 9.61. The van der Waals surface area contributed by atoms with E-state index in [0.29, 0.717) is 15.6 Å². The molecule has 0 aromatic heterocycles. The molecule has 0 aliphatic rings. The Kier molecular flexibility index (Phi) is 5.09. The van der Waals surface area contributed by atoms with Gasteiger partial charge in [-0.1, -0.05) is 35.3 Å². The van der Waals surface area contributed by atoms with Gasteiger partial charge in [-0.05, 0) is 42.8 Å². The highest BCUT2D eigenvalue weighted by Crippen LogP contribution is 2.26. The van der Waals surface area contributed by atoms with Crippen LogP contribution in [-0.2, 0) is 10.0 Å². The lowest BCUT2D eigenvalue weighted by Gasteiger charge is -2.15. The molecule has 0 amide bonds. The molecule has 0 aliphatic heterocycles. The van der Waals surface area contributed by atoms with Crippen molar-refractivity contribution in [3.05, 3.63) is 63.6 Å². The zero-order chi connectivity index (χ0) is 16.3. The zero-order valence-electron chi connectivity index (χ0n) is 11.5. The van der Waals surface area contributed by atoms with Crippen LogP contribution in [0.4, 0.5) is 0 Å². The van der Waals surface area contributed by atoms with E-state index in [1.54, 1.807) is 31.2 Å². The van der Waals surface area contributed by atoms with Crippen LogP contribution in [0.15, 0.2) is 47.4 Å². The average molecular weight is 355 g/mol. The Balaban J connectivity index is 2.27. The van der Waals surface area contributed by atoms with E-state index in [4.69, 9.17) is 28.5 Å². The van der Waals surface area contributed by atoms with E-state index in [2.05, 4.69) is 4.72 Å². The van der Waals surface area contributed by atoms with E-state index in [1.165, 1.54) is 18.2 Å². The minimum Gasteiger partial charge on any atom is -0.207 e. The van der Waals surface area contributed by atoms with Crippen LogP contribution >= 0.6 is 23.2 Å². The first-order valence-electron chi connectivity index (χ1n) is 6.31. The molecule has 0 fully saturated rings. The van der Waals surface area contributed by atoms with Gasteiger partial charge >= 0.3 is 0 Å². The van der Waals surface area contributed by atoms with Crippen molar-refractivity contribution in [2.75, 3.05) is 0 Å². The highest BCUT2D eigenvalue weighted by atomic mass is 35.5. The van der Waals surface area contributed by atoms with Crippen molar-refractivity contribution in [2.45, 2.75) is 17.9 Å². The van der Waals surface area contributed by atoms with Crippen LogP contribution in [0.2, 0.25) is 10.0 Å². The summed E-state index contributed by atoms with van der Waals surface area (Å²) < 4.78 is 27.3. The van der Waals surface area contributed by atoms with E-state index >= 15 is 0 Å². The number of nitriles is 1. The van der Waals surface area contributed by atoms with Gasteiger partial charge in [-0.25, -0.2) is 13.1 Å². The Morgan fingerprint density at radius 1 is 1.14 bits per heavy atom. The number of hydrogen-bond donors (Lipinski definition) is 1. The number of nitrogens with one attached hydrogen (secondary N) is 1. The lowest BCUT2D eigenvalue weighted by molar-refractivity contribution is 0.567. The van der Waals surface area contributed by atoms with Crippen LogP contribution in [0.1, 0.15) is 24.1 Å². The molecular formula is C15H12Cl2N2O2S. The molecule has 114 valence electrons. The number of nitrogens with zero attached hydrogens (tertiary/aromatic N) is 1. The van der Waals surface area contributed by atoms with Crippen LogP contribution in [-0.4, -0.2) is 8.42 Å². The maximum absolute atomic E-state index is 12.4. The van der Waals surface area contributed by atoms with Gasteiger partial charge in [-0.3, -0.25) is 0 Å². The maximum atomic E-state index is 12.4. The Hall–Kier alpha value is -1.58. The van der Waals surface area contributed by atoms with Crippen LogP contribution in [0.3, 0.4) is 0 Å². The van der Waals surface area contributed by atoms with E-state index in [-0.39, 0.29) is 10.5 Å². The van der Waals surface area contributed by atoms with Gasteiger partial charge in [0.15, 0.2) is 0 Å². The number of benzene rings is 2. The molecule has 7 heteroatoms. The van der Waals surface area contributed by atoms with Gasteiger partial charge in [-0.15, -0.1) is 0 Å². The molecular weight excluding hydrogens is 343 g/mol. The van der Waals surface area contributed by atoms with Crippen molar-refractivity contribution >= 4 is 33.2 Å². The molecule has 2 aromatic carbocycles. The van der Waals surface area contributed by atoms with Crippen molar-refractivity contribution in [3.8, 4) is 6.07 Å². The number of hydrogen-bond acceptors (Lipinski definition) is 3. The second-order valence-electron chi connectivity index (χ2n) is 4.66. The fourth-order valence-corrected chi connectivity index (χ4v) is 3.47. The highest BCUT2D eigenvalue weighted by Gasteiger charge is 2.19. The second-order valence-corrected chi connectivity index (χ2v) is 7.18. The third kappa shape index (κ3) is 3.79. The molecule has 0 aliphatic carbocycles. The van der Waals surface area contributed by atoms with Crippen molar-refractivity contribution in [2.24, 2.45) is 0 Å². The Morgan fingerprint density at radius 3 is 2.50 bits per heavy atom. The van der Waals surface area contributed by atoms with Gasteiger partial charge in [0, 0.05) is 6.04 Å². The summed E-state index contributed by atoms with van der Waals surface area (Å²) in [6.07, 6.45) is 0. The van der Waals surface area contributed by atoms with Crippen molar-refractivity contribution in [1.29, 1.82) is 5.26 Å².